The van der Waals surface area contributed by atoms with Crippen LogP contribution in [-0.2, 0) is 0 Å². The van der Waals surface area contributed by atoms with Gasteiger partial charge in [0.2, 0.25) is 0 Å². The second kappa shape index (κ2) is 5.66. The van der Waals surface area contributed by atoms with E-state index in [9.17, 15) is 14.9 Å². The van der Waals surface area contributed by atoms with Crippen molar-refractivity contribution in [2.24, 2.45) is 0 Å². The third kappa shape index (κ3) is 2.92. The fourth-order valence-electron chi connectivity index (χ4n) is 1.64. The van der Waals surface area contributed by atoms with E-state index in [1.54, 1.807) is 19.1 Å². The molecule has 0 aliphatic rings. The van der Waals surface area contributed by atoms with E-state index in [1.165, 1.54) is 18.3 Å². The van der Waals surface area contributed by atoms with Gasteiger partial charge in [0.25, 0.3) is 11.6 Å². The van der Waals surface area contributed by atoms with Gasteiger partial charge in [0.15, 0.2) is 0 Å². The molecule has 0 radical (unpaired) electrons. The molecule has 6 nitrogen and oxygen atoms in total. The second-order valence-electron chi connectivity index (χ2n) is 4.04. The maximum Gasteiger partial charge on any atom is 0.283 e. The number of carbonyl (C=O) groups excluding carboxylic acids is 1. The third-order valence-electron chi connectivity index (χ3n) is 2.64. The summed E-state index contributed by atoms with van der Waals surface area (Å²) in [5.41, 5.74) is 0.352. The van der Waals surface area contributed by atoms with E-state index < -0.39 is 10.8 Å². The smallest absolute Gasteiger partial charge is 0.283 e. The molecule has 2 aromatic rings. The number of benzene rings is 1. The zero-order chi connectivity index (χ0) is 14.7. The number of nitrogens with zero attached hydrogens (tertiary/aromatic N) is 2. The van der Waals surface area contributed by atoms with Crippen LogP contribution >= 0.6 is 11.6 Å². The Bertz CT molecular complexity index is 688. The van der Waals surface area contributed by atoms with Crippen LogP contribution in [0.3, 0.4) is 0 Å². The van der Waals surface area contributed by atoms with Crippen molar-refractivity contribution in [2.45, 2.75) is 6.92 Å². The summed E-state index contributed by atoms with van der Waals surface area (Å²) in [6.45, 7) is 1.78. The Morgan fingerprint density at radius 1 is 1.40 bits per heavy atom. The zero-order valence-corrected chi connectivity index (χ0v) is 11.2. The fraction of sp³-hybridized carbons (Fsp3) is 0.0769. The molecule has 0 aliphatic carbocycles. The fourth-order valence-corrected chi connectivity index (χ4v) is 1.81. The highest BCUT2D eigenvalue weighted by molar-refractivity contribution is 6.31. The van der Waals surface area contributed by atoms with Crippen molar-refractivity contribution in [3.8, 4) is 0 Å². The number of nitrogens with one attached hydrogen (secondary N) is 1. The normalized spacial score (nSPS) is 10.1. The summed E-state index contributed by atoms with van der Waals surface area (Å²) in [5, 5.41) is 13.7. The molecule has 7 heteroatoms. The zero-order valence-electron chi connectivity index (χ0n) is 10.5. The van der Waals surface area contributed by atoms with Crippen molar-refractivity contribution in [3.05, 3.63) is 62.8 Å². The highest BCUT2D eigenvalue weighted by atomic mass is 35.5. The van der Waals surface area contributed by atoms with Crippen LogP contribution in [0, 0.1) is 17.0 Å². The lowest BCUT2D eigenvalue weighted by Gasteiger charge is -2.07. The van der Waals surface area contributed by atoms with Crippen molar-refractivity contribution < 1.29 is 9.72 Å². The van der Waals surface area contributed by atoms with E-state index in [0.717, 1.165) is 11.6 Å². The summed E-state index contributed by atoms with van der Waals surface area (Å²) in [6.07, 6.45) is 1.53. The first-order chi connectivity index (χ1) is 9.49. The minimum atomic E-state index is -0.647. The largest absolute Gasteiger partial charge is 0.306 e. The van der Waals surface area contributed by atoms with Gasteiger partial charge in [-0.2, -0.15) is 0 Å². The number of nitro groups is 1. The number of amides is 1. The molecule has 1 amide bonds. The first-order valence-electron chi connectivity index (χ1n) is 5.66. The molecule has 1 aromatic heterocycles. The molecule has 0 atom stereocenters. The summed E-state index contributed by atoms with van der Waals surface area (Å²) in [5.74, 6) is -0.239. The summed E-state index contributed by atoms with van der Waals surface area (Å²) >= 11 is 5.70. The van der Waals surface area contributed by atoms with E-state index in [0.29, 0.717) is 5.82 Å². The second-order valence-corrected chi connectivity index (χ2v) is 4.48. The van der Waals surface area contributed by atoms with E-state index >= 15 is 0 Å². The molecule has 20 heavy (non-hydrogen) atoms. The van der Waals surface area contributed by atoms with Gasteiger partial charge in [-0.25, -0.2) is 4.98 Å². The number of rotatable bonds is 3. The van der Waals surface area contributed by atoms with Crippen molar-refractivity contribution in [1.82, 2.24) is 4.98 Å². The Hall–Kier alpha value is -2.47. The summed E-state index contributed by atoms with van der Waals surface area (Å²) in [4.78, 5) is 26.4. The van der Waals surface area contributed by atoms with Crippen molar-refractivity contribution in [1.29, 1.82) is 0 Å². The van der Waals surface area contributed by atoms with Crippen LogP contribution in [0.5, 0.6) is 0 Å². The number of halogens is 1. The molecule has 0 unspecified atom stereocenters. The van der Waals surface area contributed by atoms with Crippen molar-refractivity contribution in [3.63, 3.8) is 0 Å². The minimum Gasteiger partial charge on any atom is -0.306 e. The molecule has 1 aromatic carbocycles. The third-order valence-corrected chi connectivity index (χ3v) is 2.88. The molecule has 0 saturated carbocycles. The molecule has 1 N–H and O–H groups in total. The molecule has 102 valence electrons. The highest BCUT2D eigenvalue weighted by Gasteiger charge is 2.21. The lowest BCUT2D eigenvalue weighted by atomic mass is 10.1. The summed E-state index contributed by atoms with van der Waals surface area (Å²) in [6, 6.07) is 7.39. The highest BCUT2D eigenvalue weighted by Crippen LogP contribution is 2.24. The van der Waals surface area contributed by atoms with Crippen LogP contribution in [-0.4, -0.2) is 15.8 Å². The summed E-state index contributed by atoms with van der Waals surface area (Å²) in [7, 11) is 0. The number of nitro benzene ring substituents is 1. The number of aryl methyl sites for hydroxylation is 1. The SMILES string of the molecule is Cc1cccnc1NC(=O)c1ccc(Cl)cc1[N+](=O)[O-]. The molecule has 2 rings (SSSR count). The number of carbonyl (C=O) groups is 1. The van der Waals surface area contributed by atoms with Crippen LogP contribution < -0.4 is 5.32 Å². The van der Waals surface area contributed by atoms with Gasteiger partial charge in [-0.1, -0.05) is 17.7 Å². The number of hydrogen-bond acceptors (Lipinski definition) is 4. The molecule has 0 bridgehead atoms. The van der Waals surface area contributed by atoms with Crippen LogP contribution in [0.25, 0.3) is 0 Å². The average molecular weight is 292 g/mol. The standard InChI is InChI=1S/C13H10ClN3O3/c1-8-3-2-6-15-12(8)16-13(18)10-5-4-9(14)7-11(10)17(19)20/h2-7H,1H3,(H,15,16,18). The van der Waals surface area contributed by atoms with Gasteiger partial charge >= 0.3 is 0 Å². The maximum absolute atomic E-state index is 12.1. The number of hydrogen-bond donors (Lipinski definition) is 1. The van der Waals surface area contributed by atoms with Gasteiger partial charge in [-0.15, -0.1) is 0 Å². The van der Waals surface area contributed by atoms with E-state index in [-0.39, 0.29) is 16.3 Å². The predicted octanol–water partition coefficient (Wildman–Crippen LogP) is 3.20. The maximum atomic E-state index is 12.1. The van der Waals surface area contributed by atoms with Gasteiger partial charge < -0.3 is 5.32 Å². The van der Waals surface area contributed by atoms with Crippen LogP contribution in [0.2, 0.25) is 5.02 Å². The quantitative estimate of drug-likeness (QED) is 0.695. The number of pyridine rings is 1. The molecule has 0 fully saturated rings. The topological polar surface area (TPSA) is 85.1 Å². The molecule has 0 aliphatic heterocycles. The lowest BCUT2D eigenvalue weighted by molar-refractivity contribution is -0.385. The molecule has 1 heterocycles. The number of anilines is 1. The summed E-state index contributed by atoms with van der Waals surface area (Å²) < 4.78 is 0. The predicted molar refractivity (Wildman–Crippen MR) is 75.0 cm³/mol. The molecular formula is C13H10ClN3O3. The Morgan fingerprint density at radius 3 is 2.80 bits per heavy atom. The van der Waals surface area contributed by atoms with Crippen LogP contribution in [0.4, 0.5) is 11.5 Å². The number of aromatic nitrogens is 1. The molecule has 0 saturated heterocycles. The van der Waals surface area contributed by atoms with E-state index in [4.69, 9.17) is 11.6 Å². The van der Waals surface area contributed by atoms with Crippen LogP contribution in [0.1, 0.15) is 15.9 Å². The Labute approximate surface area is 119 Å². The Morgan fingerprint density at radius 2 is 2.15 bits per heavy atom. The monoisotopic (exact) mass is 291 g/mol. The van der Waals surface area contributed by atoms with Crippen LogP contribution in [0.15, 0.2) is 36.5 Å². The first-order valence-corrected chi connectivity index (χ1v) is 6.04. The Kier molecular flexibility index (Phi) is 3.95. The lowest BCUT2D eigenvalue weighted by Crippen LogP contribution is -2.15. The average Bonchev–Trinajstić information content (AvgIpc) is 2.41. The molecule has 0 spiro atoms. The molecular weight excluding hydrogens is 282 g/mol. The van der Waals surface area contributed by atoms with Gasteiger partial charge in [-0.05, 0) is 30.7 Å². The van der Waals surface area contributed by atoms with Gasteiger partial charge in [0, 0.05) is 17.3 Å². The van der Waals surface area contributed by atoms with Crippen molar-refractivity contribution in [2.75, 3.05) is 5.32 Å². The van der Waals surface area contributed by atoms with E-state index in [2.05, 4.69) is 10.3 Å². The van der Waals surface area contributed by atoms with Gasteiger partial charge in [-0.3, -0.25) is 14.9 Å². The van der Waals surface area contributed by atoms with Gasteiger partial charge in [0.1, 0.15) is 11.4 Å². The van der Waals surface area contributed by atoms with Gasteiger partial charge in [0.05, 0.1) is 4.92 Å². The first kappa shape index (κ1) is 14.0. The van der Waals surface area contributed by atoms with E-state index in [1.807, 2.05) is 0 Å². The van der Waals surface area contributed by atoms with Crippen molar-refractivity contribution >= 4 is 29.0 Å². The minimum absolute atomic E-state index is 0.0653. The Balaban J connectivity index is 2.35.